The zero-order valence-corrected chi connectivity index (χ0v) is 15.3. The van der Waals surface area contributed by atoms with Gasteiger partial charge in [-0.05, 0) is 42.2 Å². The minimum atomic E-state index is -0.320. The van der Waals surface area contributed by atoms with E-state index >= 15 is 0 Å². The number of rotatable bonds is 4. The zero-order chi connectivity index (χ0) is 19.0. The van der Waals surface area contributed by atoms with E-state index in [0.29, 0.717) is 17.3 Å². The van der Waals surface area contributed by atoms with E-state index in [1.807, 2.05) is 44.4 Å². The van der Waals surface area contributed by atoms with Gasteiger partial charge in [0.05, 0.1) is 23.9 Å². The summed E-state index contributed by atoms with van der Waals surface area (Å²) in [6.07, 6.45) is 5.17. The third-order valence-electron chi connectivity index (χ3n) is 5.20. The fraction of sp³-hybridized carbons (Fsp3) is 0.300. The van der Waals surface area contributed by atoms with Crippen LogP contribution >= 0.6 is 0 Å². The Morgan fingerprint density at radius 2 is 2.22 bits per heavy atom. The van der Waals surface area contributed by atoms with E-state index in [2.05, 4.69) is 26.5 Å². The second kappa shape index (κ2) is 6.49. The molecule has 1 unspecified atom stereocenters. The van der Waals surface area contributed by atoms with E-state index in [-0.39, 0.29) is 12.0 Å². The SMILES string of the molecule is Cn1ccc(Nc2nccc(-c3cc(C#N)c4c(c3)C(C)(CO)CC4)n2)n1. The van der Waals surface area contributed by atoms with Gasteiger partial charge in [0, 0.05) is 36.5 Å². The van der Waals surface area contributed by atoms with Crippen molar-refractivity contribution < 1.29 is 5.11 Å². The fourth-order valence-corrected chi connectivity index (χ4v) is 3.60. The summed E-state index contributed by atoms with van der Waals surface area (Å²) in [4.78, 5) is 8.83. The van der Waals surface area contributed by atoms with Crippen LogP contribution in [0.25, 0.3) is 11.3 Å². The molecule has 1 atom stereocenters. The van der Waals surface area contributed by atoms with Gasteiger partial charge in [-0.1, -0.05) is 6.92 Å². The van der Waals surface area contributed by atoms with Crippen molar-refractivity contribution in [2.24, 2.45) is 7.05 Å². The van der Waals surface area contributed by atoms with Gasteiger partial charge in [-0.3, -0.25) is 4.68 Å². The monoisotopic (exact) mass is 360 g/mol. The third kappa shape index (κ3) is 3.04. The summed E-state index contributed by atoms with van der Waals surface area (Å²) in [5.74, 6) is 1.10. The van der Waals surface area contributed by atoms with E-state index in [1.165, 1.54) is 0 Å². The van der Waals surface area contributed by atoms with E-state index in [1.54, 1.807) is 10.9 Å². The second-order valence-electron chi connectivity index (χ2n) is 7.15. The molecular weight excluding hydrogens is 340 g/mol. The molecule has 0 amide bonds. The molecule has 4 rings (SSSR count). The highest BCUT2D eigenvalue weighted by Gasteiger charge is 2.35. The van der Waals surface area contributed by atoms with Crippen LogP contribution in [0.4, 0.5) is 11.8 Å². The smallest absolute Gasteiger partial charge is 0.228 e. The van der Waals surface area contributed by atoms with Gasteiger partial charge in [0.2, 0.25) is 5.95 Å². The number of nitrogens with one attached hydrogen (secondary N) is 1. The predicted octanol–water partition coefficient (Wildman–Crippen LogP) is 2.69. The maximum absolute atomic E-state index is 9.88. The Kier molecular flexibility index (Phi) is 4.13. The number of nitrogens with zero attached hydrogens (tertiary/aromatic N) is 5. The number of aliphatic hydroxyl groups excluding tert-OH is 1. The lowest BCUT2D eigenvalue weighted by molar-refractivity contribution is 0.206. The van der Waals surface area contributed by atoms with Crippen molar-refractivity contribution in [2.45, 2.75) is 25.2 Å². The average Bonchev–Trinajstić information content (AvgIpc) is 3.25. The van der Waals surface area contributed by atoms with Crippen LogP contribution in [-0.4, -0.2) is 31.5 Å². The molecule has 0 saturated heterocycles. The molecule has 2 heterocycles. The summed E-state index contributed by atoms with van der Waals surface area (Å²) in [7, 11) is 1.84. The first-order valence-electron chi connectivity index (χ1n) is 8.81. The summed E-state index contributed by atoms with van der Waals surface area (Å²) in [5.41, 5.74) is 3.97. The molecule has 1 aliphatic carbocycles. The third-order valence-corrected chi connectivity index (χ3v) is 5.20. The van der Waals surface area contributed by atoms with Crippen molar-refractivity contribution in [3.05, 3.63) is 53.3 Å². The summed E-state index contributed by atoms with van der Waals surface area (Å²) in [6.45, 7) is 2.10. The number of fused-ring (bicyclic) bond motifs is 1. The standard InChI is InChI=1S/C20H20N6O/c1-20(12-27)6-3-15-14(11-21)9-13(10-16(15)20)17-4-7-22-19(23-17)24-18-5-8-26(2)25-18/h4-5,7-10,27H,3,6,12H2,1-2H3,(H,22,23,24,25). The van der Waals surface area contributed by atoms with Crippen molar-refractivity contribution in [2.75, 3.05) is 11.9 Å². The quantitative estimate of drug-likeness (QED) is 0.742. The first kappa shape index (κ1) is 17.2. The van der Waals surface area contributed by atoms with E-state index in [0.717, 1.165) is 35.2 Å². The summed E-state index contributed by atoms with van der Waals surface area (Å²) >= 11 is 0. The predicted molar refractivity (Wildman–Crippen MR) is 101 cm³/mol. The van der Waals surface area contributed by atoms with E-state index < -0.39 is 0 Å². The van der Waals surface area contributed by atoms with Crippen molar-refractivity contribution in [3.8, 4) is 17.3 Å². The number of aryl methyl sites for hydroxylation is 1. The number of hydrogen-bond donors (Lipinski definition) is 2. The van der Waals surface area contributed by atoms with Crippen molar-refractivity contribution in [3.63, 3.8) is 0 Å². The fourth-order valence-electron chi connectivity index (χ4n) is 3.60. The Labute approximate surface area is 157 Å². The number of benzene rings is 1. The molecule has 0 bridgehead atoms. The molecule has 7 nitrogen and oxygen atoms in total. The molecular formula is C20H20N6O. The molecule has 3 aromatic rings. The van der Waals surface area contributed by atoms with Crippen LogP contribution in [0.5, 0.6) is 0 Å². The molecule has 0 aliphatic heterocycles. The number of aliphatic hydroxyl groups is 1. The van der Waals surface area contributed by atoms with E-state index in [9.17, 15) is 10.4 Å². The molecule has 27 heavy (non-hydrogen) atoms. The molecule has 0 radical (unpaired) electrons. The molecule has 0 fully saturated rings. The van der Waals surface area contributed by atoms with Gasteiger partial charge in [-0.15, -0.1) is 0 Å². The lowest BCUT2D eigenvalue weighted by Crippen LogP contribution is -2.23. The molecule has 2 aromatic heterocycles. The number of hydrogen-bond acceptors (Lipinski definition) is 6. The Hall–Kier alpha value is -3.24. The second-order valence-corrected chi connectivity index (χ2v) is 7.15. The molecule has 136 valence electrons. The Morgan fingerprint density at radius 1 is 1.37 bits per heavy atom. The van der Waals surface area contributed by atoms with E-state index in [4.69, 9.17) is 0 Å². The topological polar surface area (TPSA) is 99.7 Å². The molecule has 0 spiro atoms. The van der Waals surface area contributed by atoms with Gasteiger partial charge < -0.3 is 10.4 Å². The first-order valence-corrected chi connectivity index (χ1v) is 8.81. The summed E-state index contributed by atoms with van der Waals surface area (Å²) in [5, 5.41) is 26.8. The van der Waals surface area contributed by atoms with Crippen LogP contribution in [0.2, 0.25) is 0 Å². The minimum absolute atomic E-state index is 0.0601. The molecule has 0 saturated carbocycles. The van der Waals surface area contributed by atoms with Crippen molar-refractivity contribution in [1.29, 1.82) is 5.26 Å². The van der Waals surface area contributed by atoms with Gasteiger partial charge in [0.25, 0.3) is 0 Å². The number of nitriles is 1. The highest BCUT2D eigenvalue weighted by Crippen LogP contribution is 2.42. The lowest BCUT2D eigenvalue weighted by Gasteiger charge is -2.23. The van der Waals surface area contributed by atoms with Gasteiger partial charge >= 0.3 is 0 Å². The zero-order valence-electron chi connectivity index (χ0n) is 15.3. The van der Waals surface area contributed by atoms with Crippen molar-refractivity contribution >= 4 is 11.8 Å². The molecule has 1 aromatic carbocycles. The average molecular weight is 360 g/mol. The van der Waals surface area contributed by atoms with Crippen LogP contribution < -0.4 is 5.32 Å². The minimum Gasteiger partial charge on any atom is -0.395 e. The molecule has 2 N–H and O–H groups in total. The molecule has 1 aliphatic rings. The highest BCUT2D eigenvalue weighted by molar-refractivity contribution is 5.67. The largest absolute Gasteiger partial charge is 0.395 e. The first-order chi connectivity index (χ1) is 13.0. The number of anilines is 2. The van der Waals surface area contributed by atoms with Crippen LogP contribution in [0.1, 0.15) is 30.0 Å². The number of aromatic nitrogens is 4. The van der Waals surface area contributed by atoms with Crippen LogP contribution in [0.3, 0.4) is 0 Å². The summed E-state index contributed by atoms with van der Waals surface area (Å²) < 4.78 is 1.70. The van der Waals surface area contributed by atoms with Gasteiger partial charge in [0.15, 0.2) is 5.82 Å². The Balaban J connectivity index is 1.75. The summed E-state index contributed by atoms with van der Waals surface area (Å²) in [6, 6.07) is 9.88. The maximum atomic E-state index is 9.88. The van der Waals surface area contributed by atoms with Crippen molar-refractivity contribution in [1.82, 2.24) is 19.7 Å². The molecule has 7 heteroatoms. The van der Waals surface area contributed by atoms with Crippen LogP contribution in [0.15, 0.2) is 36.7 Å². The normalized spacial score (nSPS) is 18.1. The van der Waals surface area contributed by atoms with Gasteiger partial charge in [-0.2, -0.15) is 10.4 Å². The van der Waals surface area contributed by atoms with Gasteiger partial charge in [-0.25, -0.2) is 9.97 Å². The van der Waals surface area contributed by atoms with Gasteiger partial charge in [0.1, 0.15) is 0 Å². The Bertz CT molecular complexity index is 1050. The van der Waals surface area contributed by atoms with Crippen LogP contribution in [-0.2, 0) is 18.9 Å². The maximum Gasteiger partial charge on any atom is 0.228 e. The lowest BCUT2D eigenvalue weighted by atomic mass is 9.83. The van der Waals surface area contributed by atoms with Crippen LogP contribution in [0, 0.1) is 11.3 Å². The highest BCUT2D eigenvalue weighted by atomic mass is 16.3. The Morgan fingerprint density at radius 3 is 2.93 bits per heavy atom.